The van der Waals surface area contributed by atoms with E-state index in [-0.39, 0.29) is 5.91 Å². The summed E-state index contributed by atoms with van der Waals surface area (Å²) in [5.41, 5.74) is 5.38. The lowest BCUT2D eigenvalue weighted by molar-refractivity contribution is 0.0947. The monoisotopic (exact) mass is 353 g/mol. The lowest BCUT2D eigenvalue weighted by Gasteiger charge is -2.17. The van der Waals surface area contributed by atoms with Crippen molar-refractivity contribution in [1.82, 2.24) is 15.1 Å². The van der Waals surface area contributed by atoms with Crippen LogP contribution in [0.1, 0.15) is 48.2 Å². The van der Waals surface area contributed by atoms with Gasteiger partial charge in [0.1, 0.15) is 0 Å². The van der Waals surface area contributed by atoms with E-state index in [0.717, 1.165) is 23.4 Å². The van der Waals surface area contributed by atoms with E-state index in [0.29, 0.717) is 12.2 Å². The molecule has 0 atom stereocenters. The van der Waals surface area contributed by atoms with Crippen molar-refractivity contribution in [2.45, 2.75) is 42.8 Å². The Labute approximate surface area is 152 Å². The summed E-state index contributed by atoms with van der Waals surface area (Å²) in [5.74, 6) is 0.752. The molecule has 2 aliphatic rings. The van der Waals surface area contributed by atoms with Crippen LogP contribution in [0.15, 0.2) is 40.8 Å². The molecule has 0 unspecified atom stereocenters. The predicted molar refractivity (Wildman–Crippen MR) is 102 cm³/mol. The molecule has 0 saturated carbocycles. The van der Waals surface area contributed by atoms with Crippen LogP contribution in [0.3, 0.4) is 0 Å². The largest absolute Gasteiger partial charge is 0.350 e. The molecule has 130 valence electrons. The number of nitrogens with zero attached hydrogens (tertiary/aromatic N) is 2. The van der Waals surface area contributed by atoms with Crippen molar-refractivity contribution in [3.8, 4) is 11.3 Å². The smallest absolute Gasteiger partial charge is 0.272 e. The molecule has 0 bridgehead atoms. The fraction of sp³-hybridized carbons (Fsp3) is 0.400. The summed E-state index contributed by atoms with van der Waals surface area (Å²) in [6.07, 6.45) is 8.25. The summed E-state index contributed by atoms with van der Waals surface area (Å²) >= 11 is 1.78. The molecule has 25 heavy (non-hydrogen) atoms. The van der Waals surface area contributed by atoms with Crippen LogP contribution >= 0.6 is 11.8 Å². The van der Waals surface area contributed by atoms with Crippen LogP contribution in [0.25, 0.3) is 11.3 Å². The third kappa shape index (κ3) is 3.25. The number of benzene rings is 1. The molecule has 0 radical (unpaired) electrons. The van der Waals surface area contributed by atoms with Crippen molar-refractivity contribution in [1.29, 1.82) is 0 Å². The Hall–Kier alpha value is -2.01. The van der Waals surface area contributed by atoms with Gasteiger partial charge in [-0.1, -0.05) is 29.8 Å². The first-order valence-corrected chi connectivity index (χ1v) is 9.97. The van der Waals surface area contributed by atoms with E-state index >= 15 is 0 Å². The number of amides is 1. The highest BCUT2D eigenvalue weighted by Crippen LogP contribution is 2.42. The molecular formula is C20H23N3OS. The number of fused-ring (bicyclic) bond motifs is 3. The van der Waals surface area contributed by atoms with E-state index < -0.39 is 0 Å². The van der Waals surface area contributed by atoms with Crippen LogP contribution in [-0.4, -0.2) is 22.2 Å². The molecule has 4 rings (SSSR count). The number of allylic oxidation sites excluding steroid dienone is 1. The Bertz CT molecular complexity index is 837. The third-order valence-electron chi connectivity index (χ3n) is 4.99. The number of carbonyl (C=O) groups is 1. The summed E-state index contributed by atoms with van der Waals surface area (Å²) < 4.78 is 1.85. The molecule has 4 nitrogen and oxygen atoms in total. The van der Waals surface area contributed by atoms with E-state index in [9.17, 15) is 4.79 Å². The molecule has 2 heterocycles. The van der Waals surface area contributed by atoms with Gasteiger partial charge >= 0.3 is 0 Å². The summed E-state index contributed by atoms with van der Waals surface area (Å²) in [6.45, 7) is 0.694. The summed E-state index contributed by atoms with van der Waals surface area (Å²) in [5, 5.41) is 7.60. The van der Waals surface area contributed by atoms with Crippen molar-refractivity contribution < 1.29 is 4.79 Å². The molecule has 1 aliphatic carbocycles. The predicted octanol–water partition coefficient (Wildman–Crippen LogP) is 4.31. The summed E-state index contributed by atoms with van der Waals surface area (Å²) in [7, 11) is 1.93. The molecule has 0 fully saturated rings. The van der Waals surface area contributed by atoms with E-state index in [1.54, 1.807) is 11.8 Å². The van der Waals surface area contributed by atoms with Crippen molar-refractivity contribution >= 4 is 17.7 Å². The maximum absolute atomic E-state index is 12.7. The van der Waals surface area contributed by atoms with Crippen LogP contribution in [-0.2, 0) is 12.8 Å². The minimum Gasteiger partial charge on any atom is -0.350 e. The number of nitrogens with one attached hydrogen (secondary N) is 1. The zero-order valence-electron chi connectivity index (χ0n) is 14.5. The first-order valence-electron chi connectivity index (χ1n) is 8.98. The molecular weight excluding hydrogens is 330 g/mol. The van der Waals surface area contributed by atoms with Crippen molar-refractivity contribution in [2.24, 2.45) is 7.05 Å². The van der Waals surface area contributed by atoms with Gasteiger partial charge in [-0.2, -0.15) is 5.10 Å². The molecule has 0 spiro atoms. The standard InChI is InChI=1S/C20H23N3OS/c1-23-19-15-9-5-6-10-17(15)25-13-16(19)18(22-23)20(24)21-12-11-14-7-3-2-4-8-14/h5-7,9-10H,2-4,8,11-13H2,1H3,(H,21,24). The average Bonchev–Trinajstić information content (AvgIpc) is 3.00. The van der Waals surface area contributed by atoms with Gasteiger partial charge in [-0.05, 0) is 38.2 Å². The van der Waals surface area contributed by atoms with Crippen LogP contribution in [0, 0.1) is 0 Å². The van der Waals surface area contributed by atoms with E-state index in [4.69, 9.17) is 0 Å². The number of hydrogen-bond acceptors (Lipinski definition) is 3. The highest BCUT2D eigenvalue weighted by atomic mass is 32.2. The van der Waals surface area contributed by atoms with Gasteiger partial charge in [-0.15, -0.1) is 11.8 Å². The maximum Gasteiger partial charge on any atom is 0.272 e. The summed E-state index contributed by atoms with van der Waals surface area (Å²) in [4.78, 5) is 13.9. The van der Waals surface area contributed by atoms with Gasteiger partial charge < -0.3 is 5.32 Å². The first-order chi connectivity index (χ1) is 12.2. The number of rotatable bonds is 4. The van der Waals surface area contributed by atoms with Crippen molar-refractivity contribution in [2.75, 3.05) is 6.54 Å². The van der Waals surface area contributed by atoms with Crippen LogP contribution in [0.2, 0.25) is 0 Å². The number of aryl methyl sites for hydroxylation is 1. The van der Waals surface area contributed by atoms with Gasteiger partial charge in [0.2, 0.25) is 0 Å². The minimum atomic E-state index is -0.0479. The minimum absolute atomic E-state index is 0.0479. The Morgan fingerprint density at radius 1 is 1.32 bits per heavy atom. The number of hydrogen-bond donors (Lipinski definition) is 1. The second-order valence-corrected chi connectivity index (χ2v) is 7.72. The lowest BCUT2D eigenvalue weighted by Crippen LogP contribution is -2.26. The van der Waals surface area contributed by atoms with E-state index in [1.165, 1.54) is 41.7 Å². The zero-order valence-corrected chi connectivity index (χ0v) is 15.4. The quantitative estimate of drug-likeness (QED) is 0.833. The molecule has 0 saturated heterocycles. The molecule has 5 heteroatoms. The Balaban J connectivity index is 1.50. The number of thioether (sulfide) groups is 1. The molecule has 1 aromatic carbocycles. The number of aromatic nitrogens is 2. The van der Waals surface area contributed by atoms with Gasteiger partial charge in [0.25, 0.3) is 5.91 Å². The topological polar surface area (TPSA) is 46.9 Å². The Morgan fingerprint density at radius 2 is 2.20 bits per heavy atom. The highest BCUT2D eigenvalue weighted by Gasteiger charge is 2.27. The molecule has 2 aromatic rings. The van der Waals surface area contributed by atoms with Gasteiger partial charge in [0, 0.05) is 35.4 Å². The maximum atomic E-state index is 12.7. The second-order valence-electron chi connectivity index (χ2n) is 6.70. The fourth-order valence-corrected chi connectivity index (χ4v) is 4.78. The number of carbonyl (C=O) groups excluding carboxylic acids is 1. The van der Waals surface area contributed by atoms with Crippen LogP contribution in [0.4, 0.5) is 0 Å². The van der Waals surface area contributed by atoms with Crippen molar-refractivity contribution in [3.63, 3.8) is 0 Å². The van der Waals surface area contributed by atoms with Crippen LogP contribution in [0.5, 0.6) is 0 Å². The van der Waals surface area contributed by atoms with Gasteiger partial charge in [0.05, 0.1) is 5.69 Å². The summed E-state index contributed by atoms with van der Waals surface area (Å²) in [6, 6.07) is 8.34. The lowest BCUT2D eigenvalue weighted by atomic mass is 9.97. The van der Waals surface area contributed by atoms with Crippen molar-refractivity contribution in [3.05, 3.63) is 47.2 Å². The van der Waals surface area contributed by atoms with Crippen LogP contribution < -0.4 is 5.32 Å². The van der Waals surface area contributed by atoms with E-state index in [1.807, 2.05) is 17.8 Å². The Kier molecular flexibility index (Phi) is 4.66. The first kappa shape index (κ1) is 16.5. The third-order valence-corrected chi connectivity index (χ3v) is 6.09. The molecule has 1 amide bonds. The molecule has 1 N–H and O–H groups in total. The highest BCUT2D eigenvalue weighted by molar-refractivity contribution is 7.98. The molecule has 1 aromatic heterocycles. The SMILES string of the molecule is Cn1nc(C(=O)NCCC2=CCCCC2)c2c1-c1ccccc1SC2. The van der Waals surface area contributed by atoms with Gasteiger partial charge in [-0.3, -0.25) is 9.48 Å². The normalized spacial score (nSPS) is 16.0. The zero-order chi connectivity index (χ0) is 17.2. The second kappa shape index (κ2) is 7.08. The van der Waals surface area contributed by atoms with E-state index in [2.05, 4.69) is 34.7 Å². The average molecular weight is 353 g/mol. The Morgan fingerprint density at radius 3 is 3.04 bits per heavy atom. The van der Waals surface area contributed by atoms with Gasteiger partial charge in [0.15, 0.2) is 5.69 Å². The van der Waals surface area contributed by atoms with Gasteiger partial charge in [-0.25, -0.2) is 0 Å². The fourth-order valence-electron chi connectivity index (χ4n) is 3.71. The molecule has 1 aliphatic heterocycles.